The van der Waals surface area contributed by atoms with Gasteiger partial charge in [-0.1, -0.05) is 49.8 Å². The van der Waals surface area contributed by atoms with Crippen LogP contribution in [0.4, 0.5) is 0 Å². The van der Waals surface area contributed by atoms with Crippen LogP contribution < -0.4 is 0 Å². The Bertz CT molecular complexity index is 228. The zero-order valence-corrected chi connectivity index (χ0v) is 9.72. The highest BCUT2D eigenvalue weighted by Crippen LogP contribution is 2.19. The van der Waals surface area contributed by atoms with Crippen molar-refractivity contribution in [2.24, 2.45) is 0 Å². The van der Waals surface area contributed by atoms with Gasteiger partial charge in [0.2, 0.25) is 0 Å². The lowest BCUT2D eigenvalue weighted by molar-refractivity contribution is 0.164. The van der Waals surface area contributed by atoms with Gasteiger partial charge in [0.1, 0.15) is 0 Å². The Morgan fingerprint density at radius 1 is 1.57 bits per heavy atom. The largest absolute Gasteiger partial charge is 0.393 e. The van der Waals surface area contributed by atoms with Crippen LogP contribution in [0.2, 0.25) is 0 Å². The second kappa shape index (κ2) is 7.84. The molecule has 0 heterocycles. The summed E-state index contributed by atoms with van der Waals surface area (Å²) in [6, 6.07) is 0. The van der Waals surface area contributed by atoms with Gasteiger partial charge in [0.05, 0.1) is 6.10 Å². The summed E-state index contributed by atoms with van der Waals surface area (Å²) in [6.45, 7) is 7.66. The average Bonchev–Trinajstić information content (AvgIpc) is 2.12. The van der Waals surface area contributed by atoms with Crippen LogP contribution in [-0.4, -0.2) is 11.2 Å². The molecule has 0 saturated carbocycles. The quantitative estimate of drug-likeness (QED) is 0.667. The first-order valence-electron chi connectivity index (χ1n) is 4.96. The van der Waals surface area contributed by atoms with E-state index < -0.39 is 0 Å². The SMILES string of the molecule is C=C(Cl)/C(=C\C=C/C)CC(O)CCC. The summed E-state index contributed by atoms with van der Waals surface area (Å²) in [4.78, 5) is 0. The third-order valence-electron chi connectivity index (χ3n) is 1.92. The van der Waals surface area contributed by atoms with Gasteiger partial charge in [0, 0.05) is 5.03 Å². The second-order valence-electron chi connectivity index (χ2n) is 3.27. The summed E-state index contributed by atoms with van der Waals surface area (Å²) < 4.78 is 0. The van der Waals surface area contributed by atoms with E-state index in [0.717, 1.165) is 18.4 Å². The fraction of sp³-hybridized carbons (Fsp3) is 0.500. The molecule has 1 atom stereocenters. The maximum absolute atomic E-state index is 9.60. The van der Waals surface area contributed by atoms with Crippen molar-refractivity contribution in [3.63, 3.8) is 0 Å². The van der Waals surface area contributed by atoms with E-state index in [-0.39, 0.29) is 6.10 Å². The van der Waals surface area contributed by atoms with Crippen molar-refractivity contribution in [2.75, 3.05) is 0 Å². The van der Waals surface area contributed by atoms with Gasteiger partial charge in [-0.3, -0.25) is 0 Å². The molecule has 0 aromatic rings. The zero-order chi connectivity index (χ0) is 11.0. The molecule has 0 fully saturated rings. The molecule has 1 N–H and O–H groups in total. The molecule has 0 aromatic carbocycles. The molecule has 0 aromatic heterocycles. The minimum absolute atomic E-state index is 0.313. The van der Waals surface area contributed by atoms with E-state index in [1.54, 1.807) is 0 Å². The highest BCUT2D eigenvalue weighted by molar-refractivity contribution is 6.31. The van der Waals surface area contributed by atoms with Gasteiger partial charge in [0.25, 0.3) is 0 Å². The maximum atomic E-state index is 9.60. The van der Waals surface area contributed by atoms with E-state index in [0.29, 0.717) is 11.5 Å². The smallest absolute Gasteiger partial charge is 0.0581 e. The van der Waals surface area contributed by atoms with E-state index >= 15 is 0 Å². The Morgan fingerprint density at radius 2 is 2.21 bits per heavy atom. The number of hydrogen-bond donors (Lipinski definition) is 1. The third kappa shape index (κ3) is 6.01. The molecule has 80 valence electrons. The summed E-state index contributed by atoms with van der Waals surface area (Å²) in [6.07, 6.45) is 7.78. The monoisotopic (exact) mass is 214 g/mol. The molecule has 0 amide bonds. The summed E-state index contributed by atoms with van der Waals surface area (Å²) in [7, 11) is 0. The first kappa shape index (κ1) is 13.5. The Balaban J connectivity index is 4.30. The molecular weight excluding hydrogens is 196 g/mol. The molecule has 2 heteroatoms. The highest BCUT2D eigenvalue weighted by Gasteiger charge is 2.07. The second-order valence-corrected chi connectivity index (χ2v) is 3.73. The molecule has 0 aliphatic heterocycles. The van der Waals surface area contributed by atoms with Crippen LogP contribution in [0.15, 0.2) is 35.4 Å². The third-order valence-corrected chi connectivity index (χ3v) is 2.16. The molecule has 0 bridgehead atoms. The lowest BCUT2D eigenvalue weighted by atomic mass is 10.0. The Labute approximate surface area is 91.8 Å². The van der Waals surface area contributed by atoms with Gasteiger partial charge in [-0.25, -0.2) is 0 Å². The molecule has 14 heavy (non-hydrogen) atoms. The highest BCUT2D eigenvalue weighted by atomic mass is 35.5. The van der Waals surface area contributed by atoms with Crippen LogP contribution in [0.5, 0.6) is 0 Å². The van der Waals surface area contributed by atoms with E-state index in [1.807, 2.05) is 32.1 Å². The zero-order valence-electron chi connectivity index (χ0n) is 8.96. The van der Waals surface area contributed by atoms with E-state index in [1.165, 1.54) is 0 Å². The van der Waals surface area contributed by atoms with Crippen molar-refractivity contribution in [2.45, 2.75) is 39.2 Å². The normalized spacial score (nSPS) is 14.7. The van der Waals surface area contributed by atoms with E-state index in [2.05, 4.69) is 6.58 Å². The summed E-state index contributed by atoms with van der Waals surface area (Å²) in [5.74, 6) is 0. The molecule has 0 aliphatic carbocycles. The van der Waals surface area contributed by atoms with Gasteiger partial charge >= 0.3 is 0 Å². The Kier molecular flexibility index (Phi) is 7.54. The summed E-state index contributed by atoms with van der Waals surface area (Å²) >= 11 is 5.82. The Morgan fingerprint density at radius 3 is 2.64 bits per heavy atom. The number of halogens is 1. The van der Waals surface area contributed by atoms with Crippen molar-refractivity contribution in [3.05, 3.63) is 35.4 Å². The standard InChI is InChI=1S/C12H19ClO/c1-4-6-8-11(10(3)13)9-12(14)7-5-2/h4,6,8,12,14H,3,5,7,9H2,1-2H3/b6-4-,11-8-. The molecule has 0 radical (unpaired) electrons. The molecule has 1 nitrogen and oxygen atoms in total. The minimum atomic E-state index is -0.313. The van der Waals surface area contributed by atoms with Gasteiger partial charge in [-0.05, 0) is 25.3 Å². The molecule has 0 saturated heterocycles. The minimum Gasteiger partial charge on any atom is -0.393 e. The molecule has 0 rings (SSSR count). The van der Waals surface area contributed by atoms with Crippen molar-refractivity contribution in [1.29, 1.82) is 0 Å². The molecule has 0 aliphatic rings. The predicted octanol–water partition coefficient (Wildman–Crippen LogP) is 3.79. The molecule has 1 unspecified atom stereocenters. The van der Waals surface area contributed by atoms with Crippen LogP contribution >= 0.6 is 11.6 Å². The van der Waals surface area contributed by atoms with Gasteiger partial charge in [-0.2, -0.15) is 0 Å². The first-order chi connectivity index (χ1) is 6.61. The topological polar surface area (TPSA) is 20.2 Å². The van der Waals surface area contributed by atoms with Gasteiger partial charge in [0.15, 0.2) is 0 Å². The van der Waals surface area contributed by atoms with Crippen molar-refractivity contribution < 1.29 is 5.11 Å². The number of rotatable bonds is 6. The lowest BCUT2D eigenvalue weighted by Gasteiger charge is -2.10. The fourth-order valence-corrected chi connectivity index (χ4v) is 1.31. The number of allylic oxidation sites excluding steroid dienone is 4. The van der Waals surface area contributed by atoms with Crippen LogP contribution in [-0.2, 0) is 0 Å². The van der Waals surface area contributed by atoms with Crippen LogP contribution in [0.1, 0.15) is 33.1 Å². The number of aliphatic hydroxyl groups excluding tert-OH is 1. The lowest BCUT2D eigenvalue weighted by Crippen LogP contribution is -2.07. The van der Waals surface area contributed by atoms with E-state index in [4.69, 9.17) is 11.6 Å². The van der Waals surface area contributed by atoms with Crippen molar-refractivity contribution in [1.82, 2.24) is 0 Å². The maximum Gasteiger partial charge on any atom is 0.0581 e. The summed E-state index contributed by atoms with van der Waals surface area (Å²) in [5, 5.41) is 10.1. The number of hydrogen-bond acceptors (Lipinski definition) is 1. The van der Waals surface area contributed by atoms with Crippen molar-refractivity contribution >= 4 is 11.6 Å². The molecule has 0 spiro atoms. The van der Waals surface area contributed by atoms with Crippen LogP contribution in [0.3, 0.4) is 0 Å². The first-order valence-corrected chi connectivity index (χ1v) is 5.34. The van der Waals surface area contributed by atoms with Crippen LogP contribution in [0, 0.1) is 0 Å². The molecular formula is C12H19ClO. The summed E-state index contributed by atoms with van der Waals surface area (Å²) in [5.41, 5.74) is 0.908. The fourth-order valence-electron chi connectivity index (χ4n) is 1.17. The van der Waals surface area contributed by atoms with Gasteiger partial charge in [-0.15, -0.1) is 0 Å². The van der Waals surface area contributed by atoms with E-state index in [9.17, 15) is 5.11 Å². The average molecular weight is 215 g/mol. The van der Waals surface area contributed by atoms with Crippen molar-refractivity contribution in [3.8, 4) is 0 Å². The van der Waals surface area contributed by atoms with Gasteiger partial charge < -0.3 is 5.11 Å². The Hall–Kier alpha value is -0.530. The van der Waals surface area contributed by atoms with Crippen LogP contribution in [0.25, 0.3) is 0 Å². The number of aliphatic hydroxyl groups is 1. The predicted molar refractivity (Wildman–Crippen MR) is 63.4 cm³/mol.